The average Bonchev–Trinajstić information content (AvgIpc) is 2.43. The summed E-state index contributed by atoms with van der Waals surface area (Å²) in [4.78, 5) is 14.5. The van der Waals surface area contributed by atoms with Crippen molar-refractivity contribution in [1.29, 1.82) is 0 Å². The molecular formula is C17H31NO2. The first-order valence-electron chi connectivity index (χ1n) is 8.10. The normalized spacial score (nSPS) is 26.6. The van der Waals surface area contributed by atoms with E-state index in [4.69, 9.17) is 0 Å². The van der Waals surface area contributed by atoms with E-state index in [2.05, 4.69) is 11.0 Å². The molecule has 3 nitrogen and oxygen atoms in total. The van der Waals surface area contributed by atoms with Crippen LogP contribution in [0.4, 0.5) is 0 Å². The first kappa shape index (κ1) is 17.4. The second-order valence-corrected chi connectivity index (χ2v) is 6.18. The van der Waals surface area contributed by atoms with E-state index in [0.717, 1.165) is 32.2 Å². The van der Waals surface area contributed by atoms with Crippen LogP contribution in [0.1, 0.15) is 58.8 Å². The number of aliphatic hydroxyl groups is 1. The van der Waals surface area contributed by atoms with Crippen molar-refractivity contribution < 1.29 is 9.90 Å². The molecule has 20 heavy (non-hydrogen) atoms. The second-order valence-electron chi connectivity index (χ2n) is 6.18. The molecule has 0 amide bonds. The van der Waals surface area contributed by atoms with Gasteiger partial charge in [-0.1, -0.05) is 38.3 Å². The zero-order chi connectivity index (χ0) is 15.0. The number of likely N-dealkylation sites (N-methyl/N-ethyl adjacent to an activating group) is 1. The van der Waals surface area contributed by atoms with Gasteiger partial charge in [0.15, 0.2) is 5.78 Å². The number of aliphatic hydroxyl groups excluding tert-OH is 1. The maximum Gasteiger partial charge on any atom is 0.152 e. The van der Waals surface area contributed by atoms with Crippen LogP contribution in [-0.4, -0.2) is 41.5 Å². The first-order valence-corrected chi connectivity index (χ1v) is 8.10. The SMILES string of the molecule is C/C=C/C[C@@H](C)[C@@H](O)C1C(=O)CCCCCCCN1C. The number of Topliss-reactive ketones (excluding diaryl/α,β-unsaturated/α-hetero) is 1. The second kappa shape index (κ2) is 9.30. The molecule has 0 aliphatic carbocycles. The molecule has 1 heterocycles. The number of nitrogens with zero attached hydrogens (tertiary/aromatic N) is 1. The Hall–Kier alpha value is -0.670. The summed E-state index contributed by atoms with van der Waals surface area (Å²) >= 11 is 0. The highest BCUT2D eigenvalue weighted by Gasteiger charge is 2.33. The Morgan fingerprint density at radius 2 is 1.95 bits per heavy atom. The Bertz CT molecular complexity index is 314. The third-order valence-corrected chi connectivity index (χ3v) is 4.39. The number of carbonyl (C=O) groups excluding carboxylic acids is 1. The molecule has 1 saturated heterocycles. The molecule has 0 spiro atoms. The van der Waals surface area contributed by atoms with Crippen molar-refractivity contribution in [1.82, 2.24) is 4.90 Å². The molecule has 1 N–H and O–H groups in total. The van der Waals surface area contributed by atoms with Crippen molar-refractivity contribution in [3.8, 4) is 0 Å². The van der Waals surface area contributed by atoms with Gasteiger partial charge in [-0.05, 0) is 45.7 Å². The molecule has 1 unspecified atom stereocenters. The molecule has 0 aromatic rings. The highest BCUT2D eigenvalue weighted by Crippen LogP contribution is 2.21. The van der Waals surface area contributed by atoms with Crippen LogP contribution in [0.3, 0.4) is 0 Å². The zero-order valence-corrected chi connectivity index (χ0v) is 13.3. The largest absolute Gasteiger partial charge is 0.391 e. The molecule has 1 aliphatic rings. The van der Waals surface area contributed by atoms with Gasteiger partial charge in [-0.3, -0.25) is 9.69 Å². The van der Waals surface area contributed by atoms with Crippen LogP contribution in [0.25, 0.3) is 0 Å². The molecule has 0 aromatic heterocycles. The maximum atomic E-state index is 12.4. The van der Waals surface area contributed by atoms with Crippen molar-refractivity contribution >= 4 is 5.78 Å². The van der Waals surface area contributed by atoms with Crippen molar-refractivity contribution in [2.75, 3.05) is 13.6 Å². The van der Waals surface area contributed by atoms with Gasteiger partial charge in [0.25, 0.3) is 0 Å². The van der Waals surface area contributed by atoms with Gasteiger partial charge in [0.2, 0.25) is 0 Å². The van der Waals surface area contributed by atoms with E-state index < -0.39 is 6.10 Å². The number of rotatable bonds is 4. The van der Waals surface area contributed by atoms with E-state index in [-0.39, 0.29) is 17.7 Å². The summed E-state index contributed by atoms with van der Waals surface area (Å²) in [6, 6.07) is -0.326. The van der Waals surface area contributed by atoms with Gasteiger partial charge in [0.1, 0.15) is 0 Å². The van der Waals surface area contributed by atoms with Gasteiger partial charge in [0, 0.05) is 6.42 Å². The third kappa shape index (κ3) is 5.37. The number of allylic oxidation sites excluding steroid dienone is 2. The van der Waals surface area contributed by atoms with E-state index in [9.17, 15) is 9.90 Å². The predicted molar refractivity (Wildman–Crippen MR) is 83.7 cm³/mol. The lowest BCUT2D eigenvalue weighted by molar-refractivity contribution is -0.129. The number of hydrogen-bond acceptors (Lipinski definition) is 3. The number of hydrogen-bond donors (Lipinski definition) is 1. The van der Waals surface area contributed by atoms with Gasteiger partial charge in [-0.2, -0.15) is 0 Å². The standard InChI is InChI=1S/C17H31NO2/c1-4-5-11-14(2)17(20)16-15(19)12-9-7-6-8-10-13-18(16)3/h4-5,14,16-17,20H,6-13H2,1-3H3/b5-4+/t14-,16?,17-/m1/s1. The van der Waals surface area contributed by atoms with Crippen LogP contribution in [-0.2, 0) is 4.79 Å². The lowest BCUT2D eigenvalue weighted by Crippen LogP contribution is -2.50. The highest BCUT2D eigenvalue weighted by molar-refractivity contribution is 5.84. The maximum absolute atomic E-state index is 12.4. The zero-order valence-electron chi connectivity index (χ0n) is 13.3. The lowest BCUT2D eigenvalue weighted by Gasteiger charge is -2.34. The summed E-state index contributed by atoms with van der Waals surface area (Å²) < 4.78 is 0. The summed E-state index contributed by atoms with van der Waals surface area (Å²) in [7, 11) is 1.98. The molecule has 1 fully saturated rings. The quantitative estimate of drug-likeness (QED) is 0.805. The monoisotopic (exact) mass is 281 g/mol. The van der Waals surface area contributed by atoms with Crippen molar-refractivity contribution in [2.24, 2.45) is 5.92 Å². The molecule has 0 aromatic carbocycles. The molecule has 3 heteroatoms. The first-order chi connectivity index (χ1) is 9.57. The Morgan fingerprint density at radius 1 is 1.30 bits per heavy atom. The van der Waals surface area contributed by atoms with Crippen LogP contribution in [0.15, 0.2) is 12.2 Å². The molecule has 0 bridgehead atoms. The van der Waals surface area contributed by atoms with Crippen molar-refractivity contribution in [3.63, 3.8) is 0 Å². The summed E-state index contributed by atoms with van der Waals surface area (Å²) in [6.07, 6.45) is 10.6. The van der Waals surface area contributed by atoms with E-state index in [0.29, 0.717) is 6.42 Å². The van der Waals surface area contributed by atoms with Crippen LogP contribution in [0, 0.1) is 5.92 Å². The van der Waals surface area contributed by atoms with Crippen LogP contribution >= 0.6 is 0 Å². The smallest absolute Gasteiger partial charge is 0.152 e. The third-order valence-electron chi connectivity index (χ3n) is 4.39. The summed E-state index contributed by atoms with van der Waals surface area (Å²) in [5.74, 6) is 0.333. The van der Waals surface area contributed by atoms with Gasteiger partial charge in [-0.15, -0.1) is 0 Å². The van der Waals surface area contributed by atoms with E-state index >= 15 is 0 Å². The predicted octanol–water partition coefficient (Wildman–Crippen LogP) is 3.17. The van der Waals surface area contributed by atoms with Gasteiger partial charge in [-0.25, -0.2) is 0 Å². The van der Waals surface area contributed by atoms with Gasteiger partial charge in [0.05, 0.1) is 12.1 Å². The van der Waals surface area contributed by atoms with Crippen LogP contribution in [0.2, 0.25) is 0 Å². The summed E-state index contributed by atoms with van der Waals surface area (Å²) in [6.45, 7) is 4.92. The molecular weight excluding hydrogens is 250 g/mol. The highest BCUT2D eigenvalue weighted by atomic mass is 16.3. The number of carbonyl (C=O) groups is 1. The molecule has 116 valence electrons. The van der Waals surface area contributed by atoms with E-state index in [1.807, 2.05) is 27.0 Å². The molecule has 0 radical (unpaired) electrons. The minimum Gasteiger partial charge on any atom is -0.391 e. The van der Waals surface area contributed by atoms with E-state index in [1.165, 1.54) is 12.8 Å². The minimum absolute atomic E-state index is 0.116. The van der Waals surface area contributed by atoms with Gasteiger partial charge >= 0.3 is 0 Å². The lowest BCUT2D eigenvalue weighted by atomic mass is 9.89. The molecule has 1 rings (SSSR count). The Morgan fingerprint density at radius 3 is 2.65 bits per heavy atom. The Kier molecular flexibility index (Phi) is 8.08. The fourth-order valence-corrected chi connectivity index (χ4v) is 2.98. The van der Waals surface area contributed by atoms with Crippen LogP contribution in [0.5, 0.6) is 0 Å². The minimum atomic E-state index is -0.567. The van der Waals surface area contributed by atoms with E-state index in [1.54, 1.807) is 0 Å². The van der Waals surface area contributed by atoms with Gasteiger partial charge < -0.3 is 5.11 Å². The molecule has 0 saturated carbocycles. The number of ketones is 1. The fourth-order valence-electron chi connectivity index (χ4n) is 2.98. The average molecular weight is 281 g/mol. The van der Waals surface area contributed by atoms with Crippen LogP contribution < -0.4 is 0 Å². The van der Waals surface area contributed by atoms with Crippen molar-refractivity contribution in [2.45, 2.75) is 70.9 Å². The van der Waals surface area contributed by atoms with Crippen molar-refractivity contribution in [3.05, 3.63) is 12.2 Å². The topological polar surface area (TPSA) is 40.5 Å². The fraction of sp³-hybridized carbons (Fsp3) is 0.824. The summed E-state index contributed by atoms with van der Waals surface area (Å²) in [5.41, 5.74) is 0. The Balaban J connectivity index is 2.73. The molecule has 1 aliphatic heterocycles. The molecule has 3 atom stereocenters. The Labute approximate surface area is 124 Å². The summed E-state index contributed by atoms with van der Waals surface area (Å²) in [5, 5.41) is 10.6.